The van der Waals surface area contributed by atoms with Gasteiger partial charge in [-0.25, -0.2) is 4.98 Å². The summed E-state index contributed by atoms with van der Waals surface area (Å²) in [5.41, 5.74) is 26.7. The Kier molecular flexibility index (Phi) is 9.26. The van der Waals surface area contributed by atoms with Gasteiger partial charge in [-0.05, 0) is 151 Å². The van der Waals surface area contributed by atoms with E-state index in [1.54, 1.807) is 0 Å². The summed E-state index contributed by atoms with van der Waals surface area (Å²) >= 11 is 0. The fourth-order valence-electron chi connectivity index (χ4n) is 15.8. The third kappa shape index (κ3) is 5.68. The van der Waals surface area contributed by atoms with Gasteiger partial charge in [0.1, 0.15) is 5.82 Å². The van der Waals surface area contributed by atoms with Crippen molar-refractivity contribution < 1.29 is 0 Å². The summed E-state index contributed by atoms with van der Waals surface area (Å²) in [5.74, 6) is 0.940. The molecule has 0 N–H and O–H groups in total. The van der Waals surface area contributed by atoms with E-state index in [0.717, 1.165) is 83.8 Å². The molecular weight excluding hydrogens is 993 g/mol. The average molecular weight is 1040 g/mol. The van der Waals surface area contributed by atoms with Crippen molar-refractivity contribution >= 4 is 66.7 Å². The SMILES string of the molecule is Cc1nc2cccc(-c3c4cccc(N5c6ccccc6C6(c7ccccc7-c7ccccc76)c6ccccc65)c4cc4c(N5c6ccccc6C6(c7ccccc7-c7ccccc76)c6ccccc65)cccc34)c2n1-c1ccccc1. The number of anilines is 6. The van der Waals surface area contributed by atoms with Crippen LogP contribution >= 0.6 is 0 Å². The highest BCUT2D eigenvalue weighted by Gasteiger charge is 2.53. The molecule has 382 valence electrons. The summed E-state index contributed by atoms with van der Waals surface area (Å²) in [7, 11) is 0. The van der Waals surface area contributed by atoms with E-state index in [4.69, 9.17) is 4.98 Å². The van der Waals surface area contributed by atoms with Crippen LogP contribution in [0.1, 0.15) is 50.3 Å². The predicted molar refractivity (Wildman–Crippen MR) is 337 cm³/mol. The van der Waals surface area contributed by atoms with Crippen LogP contribution in [0.15, 0.2) is 285 Å². The van der Waals surface area contributed by atoms with Crippen molar-refractivity contribution in [2.45, 2.75) is 17.8 Å². The Morgan fingerprint density at radius 3 is 1.02 bits per heavy atom. The van der Waals surface area contributed by atoms with E-state index in [-0.39, 0.29) is 0 Å². The highest BCUT2D eigenvalue weighted by molar-refractivity contribution is 6.22. The molecular formula is C78H50N4. The molecule has 3 heterocycles. The van der Waals surface area contributed by atoms with Gasteiger partial charge >= 0.3 is 0 Å². The monoisotopic (exact) mass is 1040 g/mol. The van der Waals surface area contributed by atoms with Gasteiger partial charge in [0.15, 0.2) is 0 Å². The van der Waals surface area contributed by atoms with E-state index >= 15 is 0 Å². The van der Waals surface area contributed by atoms with Crippen molar-refractivity contribution in [2.24, 2.45) is 0 Å². The lowest BCUT2D eigenvalue weighted by Crippen LogP contribution is -2.36. The third-order valence-corrected chi connectivity index (χ3v) is 18.7. The Morgan fingerprint density at radius 1 is 0.280 bits per heavy atom. The van der Waals surface area contributed by atoms with Gasteiger partial charge in [-0.1, -0.05) is 224 Å². The Bertz CT molecular complexity index is 4600. The molecule has 1 aromatic heterocycles. The standard InChI is InChI=1S/C78H50N4/c1-49-79-68-41-21-32-57(76(68)80(49)50-24-3-2-4-25-50)75-55-30-22-46-69(81-71-42-17-13-37-64(71)77(65-38-14-18-43-72(65)81)60-33-9-5-26-51(60)52-27-6-10-34-61(52)77)58(55)48-59-56(75)31-23-47-70(59)82-73-44-19-15-39-66(73)78(67-40-16-20-45-74(67)82)62-35-11-7-28-53(62)54-29-8-12-36-63(54)78/h2-48H,1H3. The minimum Gasteiger partial charge on any atom is -0.309 e. The summed E-state index contributed by atoms with van der Waals surface area (Å²) < 4.78 is 2.35. The maximum absolute atomic E-state index is 5.30. The summed E-state index contributed by atoms with van der Waals surface area (Å²) in [6.45, 7) is 2.13. The average Bonchev–Trinajstić information content (AvgIpc) is 1.63. The van der Waals surface area contributed by atoms with Crippen LogP contribution in [0.3, 0.4) is 0 Å². The second kappa shape index (κ2) is 16.7. The highest BCUT2D eigenvalue weighted by Crippen LogP contribution is 2.66. The van der Waals surface area contributed by atoms with Crippen LogP contribution in [-0.2, 0) is 10.8 Å². The molecule has 0 radical (unpaired) electrons. The van der Waals surface area contributed by atoms with Gasteiger partial charge in [0.25, 0.3) is 0 Å². The number of nitrogens with zero attached hydrogens (tertiary/aromatic N) is 4. The summed E-state index contributed by atoms with van der Waals surface area (Å²) in [5, 5.41) is 4.63. The summed E-state index contributed by atoms with van der Waals surface area (Å²) in [6, 6.07) is 107. The maximum atomic E-state index is 5.30. The first-order chi connectivity index (χ1) is 40.7. The molecule has 13 aromatic carbocycles. The fourth-order valence-corrected chi connectivity index (χ4v) is 15.8. The van der Waals surface area contributed by atoms with Gasteiger partial charge in [-0.15, -0.1) is 0 Å². The molecule has 18 rings (SSSR count). The molecule has 0 unspecified atom stereocenters. The number of rotatable bonds is 4. The minimum atomic E-state index is -0.539. The summed E-state index contributed by atoms with van der Waals surface area (Å²) in [4.78, 5) is 10.4. The van der Waals surface area contributed by atoms with Gasteiger partial charge in [0.05, 0.1) is 56.0 Å². The van der Waals surface area contributed by atoms with E-state index in [1.165, 1.54) is 72.3 Å². The van der Waals surface area contributed by atoms with Crippen molar-refractivity contribution in [1.82, 2.24) is 9.55 Å². The van der Waals surface area contributed by atoms with Crippen molar-refractivity contribution in [1.29, 1.82) is 0 Å². The molecule has 2 spiro atoms. The smallest absolute Gasteiger partial charge is 0.111 e. The highest BCUT2D eigenvalue weighted by atomic mass is 15.2. The third-order valence-electron chi connectivity index (χ3n) is 18.7. The molecule has 0 fully saturated rings. The Labute approximate surface area is 475 Å². The van der Waals surface area contributed by atoms with Crippen LogP contribution in [0.2, 0.25) is 0 Å². The molecule has 0 atom stereocenters. The molecule has 0 saturated carbocycles. The zero-order chi connectivity index (χ0) is 53.8. The predicted octanol–water partition coefficient (Wildman–Crippen LogP) is 19.6. The number of hydrogen-bond donors (Lipinski definition) is 0. The molecule has 82 heavy (non-hydrogen) atoms. The van der Waals surface area contributed by atoms with E-state index in [1.807, 2.05) is 0 Å². The van der Waals surface area contributed by atoms with Crippen LogP contribution in [0, 0.1) is 6.92 Å². The number of fused-ring (bicyclic) bond motifs is 21. The van der Waals surface area contributed by atoms with E-state index in [9.17, 15) is 0 Å². The minimum absolute atomic E-state index is 0.539. The van der Waals surface area contributed by atoms with Gasteiger partial charge in [0.2, 0.25) is 0 Å². The van der Waals surface area contributed by atoms with Gasteiger partial charge < -0.3 is 9.80 Å². The van der Waals surface area contributed by atoms with Gasteiger partial charge in [-0.2, -0.15) is 0 Å². The molecule has 0 saturated heterocycles. The number of benzene rings is 13. The van der Waals surface area contributed by atoms with Gasteiger partial charge in [-0.3, -0.25) is 4.57 Å². The molecule has 0 bridgehead atoms. The molecule has 2 aliphatic heterocycles. The van der Waals surface area contributed by atoms with E-state index in [0.29, 0.717) is 0 Å². The lowest BCUT2D eigenvalue weighted by molar-refractivity contribution is 0.753. The lowest BCUT2D eigenvalue weighted by Gasteiger charge is -2.45. The van der Waals surface area contributed by atoms with Crippen molar-refractivity contribution in [2.75, 3.05) is 9.80 Å². The number of aryl methyl sites for hydroxylation is 1. The number of aromatic nitrogens is 2. The van der Waals surface area contributed by atoms with Crippen LogP contribution in [0.4, 0.5) is 34.1 Å². The molecule has 4 nitrogen and oxygen atoms in total. The number of para-hydroxylation sites is 6. The van der Waals surface area contributed by atoms with E-state index < -0.39 is 10.8 Å². The largest absolute Gasteiger partial charge is 0.309 e. The zero-order valence-electron chi connectivity index (χ0n) is 44.9. The Morgan fingerprint density at radius 2 is 0.610 bits per heavy atom. The van der Waals surface area contributed by atoms with Crippen LogP contribution in [0.5, 0.6) is 0 Å². The zero-order valence-corrected chi connectivity index (χ0v) is 44.9. The number of hydrogen-bond acceptors (Lipinski definition) is 3. The first kappa shape index (κ1) is 45.3. The fraction of sp³-hybridized carbons (Fsp3) is 0.0385. The van der Waals surface area contributed by atoms with Crippen molar-refractivity contribution in [3.8, 4) is 39.1 Å². The quantitative estimate of drug-likeness (QED) is 0.164. The maximum Gasteiger partial charge on any atom is 0.111 e. The van der Waals surface area contributed by atoms with Crippen LogP contribution in [0.25, 0.3) is 71.6 Å². The molecule has 0 amide bonds. The Hall–Kier alpha value is -10.6. The Balaban J connectivity index is 0.961. The lowest BCUT2D eigenvalue weighted by atomic mass is 9.64. The molecule has 14 aromatic rings. The first-order valence-electron chi connectivity index (χ1n) is 28.5. The number of imidazole rings is 1. The normalized spacial score (nSPS) is 14.3. The second-order valence-corrected chi connectivity index (χ2v) is 22.4. The van der Waals surface area contributed by atoms with Crippen molar-refractivity contribution in [3.63, 3.8) is 0 Å². The topological polar surface area (TPSA) is 24.3 Å². The first-order valence-corrected chi connectivity index (χ1v) is 28.5. The van der Waals surface area contributed by atoms with Gasteiger partial charge in [0, 0.05) is 22.0 Å². The van der Waals surface area contributed by atoms with Crippen LogP contribution in [-0.4, -0.2) is 9.55 Å². The van der Waals surface area contributed by atoms with Crippen molar-refractivity contribution in [3.05, 3.63) is 335 Å². The van der Waals surface area contributed by atoms with E-state index in [2.05, 4.69) is 306 Å². The van der Waals surface area contributed by atoms with Crippen LogP contribution < -0.4 is 9.80 Å². The molecule has 2 aliphatic carbocycles. The summed E-state index contributed by atoms with van der Waals surface area (Å²) in [6.07, 6.45) is 0. The molecule has 4 aliphatic rings. The molecule has 4 heteroatoms. The second-order valence-electron chi connectivity index (χ2n) is 22.4.